The molecule has 4 N–H and O–H groups in total. The smallest absolute Gasteiger partial charge is 0.251 e. The molecule has 1 fully saturated rings. The van der Waals surface area contributed by atoms with Crippen molar-refractivity contribution in [2.75, 3.05) is 6.61 Å². The number of nitrogens with zero attached hydrogens (tertiary/aromatic N) is 2. The summed E-state index contributed by atoms with van der Waals surface area (Å²) in [6.07, 6.45) is 6.31. The maximum Gasteiger partial charge on any atom is 0.251 e. The first-order valence-electron chi connectivity index (χ1n) is 8.25. The van der Waals surface area contributed by atoms with Crippen molar-refractivity contribution in [2.24, 2.45) is 18.2 Å². The highest BCUT2D eigenvalue weighted by Crippen LogP contribution is 2.49. The molecule has 7 nitrogen and oxygen atoms in total. The number of nitrogens with two attached hydrogens (primary N) is 1. The predicted octanol–water partition coefficient (Wildman–Crippen LogP) is 1.15. The van der Waals surface area contributed by atoms with Crippen molar-refractivity contribution in [1.29, 1.82) is 0 Å². The second-order valence-corrected chi connectivity index (χ2v) is 6.67. The number of aryl methyl sites for hydroxylation is 1. The van der Waals surface area contributed by atoms with E-state index in [1.54, 1.807) is 23.0 Å². The Labute approximate surface area is 145 Å². The standard InChI is InChI=1S/C18H22N4O3/c1-22-10-14(9-20-22)15(18(11-23)7-2-8-18)21-17(25)13-5-3-12(4-6-13)16(19)24/h3-6,9-10,15,23H,2,7-8,11H2,1H3,(H2,19,24)(H,21,25). The summed E-state index contributed by atoms with van der Waals surface area (Å²) in [6.45, 7) is 0.00739. The Kier molecular flexibility index (Phi) is 4.59. The number of aliphatic hydroxyl groups is 1. The first-order valence-corrected chi connectivity index (χ1v) is 8.25. The minimum absolute atomic E-state index is 0.00739. The molecular formula is C18H22N4O3. The van der Waals surface area contributed by atoms with Crippen LogP contribution in [0.25, 0.3) is 0 Å². The average molecular weight is 342 g/mol. The van der Waals surface area contributed by atoms with E-state index in [1.165, 1.54) is 12.1 Å². The van der Waals surface area contributed by atoms with Crippen LogP contribution in [0.5, 0.6) is 0 Å². The SMILES string of the molecule is Cn1cc(C(NC(=O)c2ccc(C(N)=O)cc2)C2(CO)CCC2)cn1. The van der Waals surface area contributed by atoms with Gasteiger partial charge in [0.15, 0.2) is 0 Å². The van der Waals surface area contributed by atoms with E-state index in [-0.39, 0.29) is 24.0 Å². The highest BCUT2D eigenvalue weighted by Gasteiger charge is 2.45. The van der Waals surface area contributed by atoms with Crippen LogP contribution in [0.1, 0.15) is 51.6 Å². The molecule has 1 aromatic heterocycles. The summed E-state index contributed by atoms with van der Waals surface area (Å²) in [5.41, 5.74) is 6.53. The van der Waals surface area contributed by atoms with Gasteiger partial charge in [-0.25, -0.2) is 0 Å². The summed E-state index contributed by atoms with van der Waals surface area (Å²) in [5.74, 6) is -0.793. The maximum atomic E-state index is 12.7. The van der Waals surface area contributed by atoms with E-state index in [2.05, 4.69) is 10.4 Å². The van der Waals surface area contributed by atoms with Crippen LogP contribution in [-0.2, 0) is 7.05 Å². The van der Waals surface area contributed by atoms with Gasteiger partial charge < -0.3 is 16.2 Å². The van der Waals surface area contributed by atoms with E-state index in [4.69, 9.17) is 5.73 Å². The summed E-state index contributed by atoms with van der Waals surface area (Å²) >= 11 is 0. The number of aliphatic hydroxyl groups excluding tert-OH is 1. The number of carbonyl (C=O) groups is 2. The van der Waals surface area contributed by atoms with Crippen molar-refractivity contribution >= 4 is 11.8 Å². The average Bonchev–Trinajstić information content (AvgIpc) is 2.99. The van der Waals surface area contributed by atoms with Crippen LogP contribution in [0.4, 0.5) is 0 Å². The molecule has 1 atom stereocenters. The fraction of sp³-hybridized carbons (Fsp3) is 0.389. The van der Waals surface area contributed by atoms with E-state index in [0.29, 0.717) is 11.1 Å². The van der Waals surface area contributed by atoms with E-state index < -0.39 is 5.91 Å². The van der Waals surface area contributed by atoms with Gasteiger partial charge >= 0.3 is 0 Å². The number of rotatable bonds is 6. The number of aromatic nitrogens is 2. The third-order valence-corrected chi connectivity index (χ3v) is 5.04. The molecule has 1 aliphatic rings. The molecular weight excluding hydrogens is 320 g/mol. The molecule has 25 heavy (non-hydrogen) atoms. The Morgan fingerprint density at radius 3 is 2.40 bits per heavy atom. The lowest BCUT2D eigenvalue weighted by atomic mass is 9.63. The molecule has 0 bridgehead atoms. The normalized spacial score (nSPS) is 16.7. The van der Waals surface area contributed by atoms with Crippen LogP contribution < -0.4 is 11.1 Å². The van der Waals surface area contributed by atoms with Crippen molar-refractivity contribution in [1.82, 2.24) is 15.1 Å². The highest BCUT2D eigenvalue weighted by atomic mass is 16.3. The molecule has 1 unspecified atom stereocenters. The quantitative estimate of drug-likeness (QED) is 0.731. The van der Waals surface area contributed by atoms with Crippen molar-refractivity contribution in [3.63, 3.8) is 0 Å². The van der Waals surface area contributed by atoms with Gasteiger partial charge in [0.1, 0.15) is 0 Å². The lowest BCUT2D eigenvalue weighted by Crippen LogP contribution is -2.47. The van der Waals surface area contributed by atoms with E-state index in [0.717, 1.165) is 24.8 Å². The number of carbonyl (C=O) groups excluding carboxylic acids is 2. The summed E-state index contributed by atoms with van der Waals surface area (Å²) in [6, 6.07) is 5.89. The molecule has 1 heterocycles. The first kappa shape index (κ1) is 17.2. The van der Waals surface area contributed by atoms with Crippen LogP contribution in [0.2, 0.25) is 0 Å². The lowest BCUT2D eigenvalue weighted by Gasteiger charge is -2.46. The van der Waals surface area contributed by atoms with Crippen LogP contribution in [0.3, 0.4) is 0 Å². The van der Waals surface area contributed by atoms with Gasteiger partial charge in [0, 0.05) is 35.3 Å². The summed E-state index contributed by atoms with van der Waals surface area (Å²) < 4.78 is 1.68. The van der Waals surface area contributed by atoms with E-state index >= 15 is 0 Å². The first-order chi connectivity index (χ1) is 11.9. The Hall–Kier alpha value is -2.67. The Bertz CT molecular complexity index is 772. The van der Waals surface area contributed by atoms with Crippen LogP contribution in [0, 0.1) is 5.41 Å². The van der Waals surface area contributed by atoms with Gasteiger partial charge in [0.05, 0.1) is 18.8 Å². The Morgan fingerprint density at radius 2 is 1.96 bits per heavy atom. The van der Waals surface area contributed by atoms with Gasteiger partial charge in [-0.05, 0) is 37.1 Å². The van der Waals surface area contributed by atoms with Crippen LogP contribution in [-0.4, -0.2) is 33.3 Å². The van der Waals surface area contributed by atoms with E-state index in [9.17, 15) is 14.7 Å². The fourth-order valence-corrected chi connectivity index (χ4v) is 3.35. The predicted molar refractivity (Wildman–Crippen MR) is 91.7 cm³/mol. The molecule has 1 saturated carbocycles. The van der Waals surface area contributed by atoms with Crippen molar-refractivity contribution in [2.45, 2.75) is 25.3 Å². The van der Waals surface area contributed by atoms with Gasteiger partial charge in [-0.15, -0.1) is 0 Å². The van der Waals surface area contributed by atoms with Crippen molar-refractivity contribution in [3.05, 3.63) is 53.3 Å². The Morgan fingerprint density at radius 1 is 1.32 bits per heavy atom. The molecule has 1 aliphatic carbocycles. The molecule has 7 heteroatoms. The molecule has 1 aromatic carbocycles. The van der Waals surface area contributed by atoms with Gasteiger partial charge in [0.25, 0.3) is 5.91 Å². The van der Waals surface area contributed by atoms with Gasteiger partial charge in [0.2, 0.25) is 5.91 Å². The summed E-state index contributed by atoms with van der Waals surface area (Å²) in [4.78, 5) is 23.8. The monoisotopic (exact) mass is 342 g/mol. The third kappa shape index (κ3) is 3.28. The molecule has 132 valence electrons. The number of nitrogens with one attached hydrogen (secondary N) is 1. The number of amides is 2. The summed E-state index contributed by atoms with van der Waals surface area (Å²) in [5, 5.41) is 17.2. The molecule has 0 saturated heterocycles. The van der Waals surface area contributed by atoms with Crippen molar-refractivity contribution < 1.29 is 14.7 Å². The molecule has 0 radical (unpaired) electrons. The zero-order chi connectivity index (χ0) is 18.0. The second kappa shape index (κ2) is 6.68. The number of primary amides is 1. The van der Waals surface area contributed by atoms with Crippen molar-refractivity contribution in [3.8, 4) is 0 Å². The number of hydrogen-bond acceptors (Lipinski definition) is 4. The van der Waals surface area contributed by atoms with Crippen LogP contribution in [0.15, 0.2) is 36.7 Å². The maximum absolute atomic E-state index is 12.7. The third-order valence-electron chi connectivity index (χ3n) is 5.04. The zero-order valence-corrected chi connectivity index (χ0v) is 14.1. The minimum Gasteiger partial charge on any atom is -0.396 e. The number of benzene rings is 1. The van der Waals surface area contributed by atoms with Gasteiger partial charge in [-0.1, -0.05) is 6.42 Å². The molecule has 0 aliphatic heterocycles. The zero-order valence-electron chi connectivity index (χ0n) is 14.1. The van der Waals surface area contributed by atoms with E-state index in [1.807, 2.05) is 13.2 Å². The largest absolute Gasteiger partial charge is 0.396 e. The second-order valence-electron chi connectivity index (χ2n) is 6.67. The Balaban J connectivity index is 1.84. The molecule has 2 amide bonds. The minimum atomic E-state index is -0.533. The lowest BCUT2D eigenvalue weighted by molar-refractivity contribution is 0.00598. The topological polar surface area (TPSA) is 110 Å². The highest BCUT2D eigenvalue weighted by molar-refractivity contribution is 5.97. The van der Waals surface area contributed by atoms with Crippen LogP contribution >= 0.6 is 0 Å². The molecule has 2 aromatic rings. The molecule has 3 rings (SSSR count). The van der Waals surface area contributed by atoms with Gasteiger partial charge in [-0.3, -0.25) is 14.3 Å². The number of hydrogen-bond donors (Lipinski definition) is 3. The van der Waals surface area contributed by atoms with Gasteiger partial charge in [-0.2, -0.15) is 5.10 Å². The molecule has 0 spiro atoms. The summed E-state index contributed by atoms with van der Waals surface area (Å²) in [7, 11) is 1.82. The fourth-order valence-electron chi connectivity index (χ4n) is 3.35.